The Balaban J connectivity index is 1.33. The molecular weight excluding hydrogens is 448 g/mol. The van der Waals surface area contributed by atoms with E-state index in [-0.39, 0.29) is 35.2 Å². The Kier molecular flexibility index (Phi) is 6.37. The highest BCUT2D eigenvalue weighted by Gasteiger charge is 2.41. The molecule has 32 heavy (non-hydrogen) atoms. The maximum absolute atomic E-state index is 13.2. The third-order valence-electron chi connectivity index (χ3n) is 6.25. The number of fused-ring (bicyclic) bond motifs is 1. The maximum atomic E-state index is 13.2. The van der Waals surface area contributed by atoms with E-state index in [2.05, 4.69) is 4.90 Å². The first-order valence-corrected chi connectivity index (χ1v) is 14.0. The number of morpholine rings is 1. The van der Waals surface area contributed by atoms with Gasteiger partial charge in [0.25, 0.3) is 0 Å². The van der Waals surface area contributed by atoms with Gasteiger partial charge in [-0.15, -0.1) is 0 Å². The summed E-state index contributed by atoms with van der Waals surface area (Å²) in [4.78, 5) is 26.9. The Morgan fingerprint density at radius 3 is 2.62 bits per heavy atom. The lowest BCUT2D eigenvalue weighted by Crippen LogP contribution is -2.43. The summed E-state index contributed by atoms with van der Waals surface area (Å²) >= 11 is 1.43. The summed E-state index contributed by atoms with van der Waals surface area (Å²) in [6, 6.07) is 7.90. The number of benzene rings is 1. The van der Waals surface area contributed by atoms with Crippen LogP contribution >= 0.6 is 11.8 Å². The fraction of sp³-hybridized carbons (Fsp3) is 0.591. The first-order chi connectivity index (χ1) is 15.5. The summed E-state index contributed by atoms with van der Waals surface area (Å²) in [6.07, 6.45) is 2.48. The topological polar surface area (TPSA) is 92.7 Å². The van der Waals surface area contributed by atoms with Gasteiger partial charge in [-0.1, -0.05) is 30.0 Å². The fourth-order valence-electron chi connectivity index (χ4n) is 4.49. The second-order valence-corrected chi connectivity index (χ2v) is 11.9. The largest absolute Gasteiger partial charge is 0.379 e. The third-order valence-corrected chi connectivity index (χ3v) is 8.97. The Morgan fingerprint density at radius 1 is 1.12 bits per heavy atom. The van der Waals surface area contributed by atoms with Crippen molar-refractivity contribution in [1.82, 2.24) is 19.8 Å². The normalized spacial score (nSPS) is 23.4. The number of thioether (sulfide) groups is 1. The summed E-state index contributed by atoms with van der Waals surface area (Å²) in [5.74, 6) is 1.30. The lowest BCUT2D eigenvalue weighted by Gasteiger charge is -2.28. The predicted molar refractivity (Wildman–Crippen MR) is 123 cm³/mol. The first kappa shape index (κ1) is 22.1. The van der Waals surface area contributed by atoms with E-state index in [1.807, 2.05) is 29.2 Å². The highest BCUT2D eigenvalue weighted by Crippen LogP contribution is 2.34. The van der Waals surface area contributed by atoms with Crippen LogP contribution in [0.25, 0.3) is 10.9 Å². The lowest BCUT2D eigenvalue weighted by atomic mass is 10.2. The second kappa shape index (κ2) is 9.24. The van der Waals surface area contributed by atoms with E-state index in [1.54, 1.807) is 0 Å². The molecule has 1 aliphatic carbocycles. The number of carbonyl (C=O) groups excluding carboxylic acids is 1. The van der Waals surface area contributed by atoms with Gasteiger partial charge >= 0.3 is 0 Å². The van der Waals surface area contributed by atoms with Crippen LogP contribution in [0.2, 0.25) is 0 Å². The average molecular weight is 477 g/mol. The van der Waals surface area contributed by atoms with Crippen molar-refractivity contribution in [2.24, 2.45) is 0 Å². The smallest absolute Gasteiger partial charge is 0.233 e. The molecule has 1 amide bonds. The van der Waals surface area contributed by atoms with Crippen LogP contribution in [0.5, 0.6) is 0 Å². The zero-order chi connectivity index (χ0) is 22.1. The minimum absolute atomic E-state index is 0.0111. The van der Waals surface area contributed by atoms with E-state index < -0.39 is 9.84 Å². The zero-order valence-electron chi connectivity index (χ0n) is 18.0. The maximum Gasteiger partial charge on any atom is 0.233 e. The average Bonchev–Trinajstić information content (AvgIpc) is 3.55. The number of amides is 1. The number of carbonyl (C=O) groups is 1. The molecule has 1 aromatic heterocycles. The van der Waals surface area contributed by atoms with E-state index >= 15 is 0 Å². The van der Waals surface area contributed by atoms with Crippen LogP contribution in [0.3, 0.4) is 0 Å². The van der Waals surface area contributed by atoms with Crippen molar-refractivity contribution in [3.8, 4) is 0 Å². The number of nitrogens with zero attached hydrogens (tertiary/aromatic N) is 4. The van der Waals surface area contributed by atoms with Crippen molar-refractivity contribution < 1.29 is 17.9 Å². The number of rotatable bonds is 7. The molecule has 2 saturated heterocycles. The van der Waals surface area contributed by atoms with Gasteiger partial charge in [0.1, 0.15) is 10.9 Å². The highest BCUT2D eigenvalue weighted by atomic mass is 32.2. The number of para-hydroxylation sites is 1. The van der Waals surface area contributed by atoms with Gasteiger partial charge in [-0.25, -0.2) is 18.4 Å². The lowest BCUT2D eigenvalue weighted by molar-refractivity contribution is -0.130. The molecule has 2 aliphatic heterocycles. The molecule has 10 heteroatoms. The molecule has 0 bridgehead atoms. The van der Waals surface area contributed by atoms with Gasteiger partial charge < -0.3 is 9.64 Å². The Bertz CT molecular complexity index is 1100. The Morgan fingerprint density at radius 2 is 1.91 bits per heavy atom. The van der Waals surface area contributed by atoms with Crippen molar-refractivity contribution in [3.05, 3.63) is 30.1 Å². The SMILES string of the molecule is O=C(CSc1nc(CN2CCOCC2)nc2ccccc12)N(C1CC1)[C@H]1CCS(=O)(=O)C1. The molecule has 5 rings (SSSR count). The minimum Gasteiger partial charge on any atom is -0.379 e. The number of aromatic nitrogens is 2. The molecule has 0 N–H and O–H groups in total. The third kappa shape index (κ3) is 5.08. The molecule has 1 atom stereocenters. The van der Waals surface area contributed by atoms with Crippen LogP contribution < -0.4 is 0 Å². The zero-order valence-corrected chi connectivity index (χ0v) is 19.6. The minimum atomic E-state index is -3.03. The Hall–Kier alpha value is -1.75. The summed E-state index contributed by atoms with van der Waals surface area (Å²) in [5.41, 5.74) is 0.877. The van der Waals surface area contributed by atoms with Crippen LogP contribution in [0.15, 0.2) is 29.3 Å². The predicted octanol–water partition coefficient (Wildman–Crippen LogP) is 1.73. The van der Waals surface area contributed by atoms with Gasteiger partial charge in [0.15, 0.2) is 9.84 Å². The van der Waals surface area contributed by atoms with Gasteiger partial charge in [0.05, 0.1) is 42.5 Å². The molecule has 1 aromatic carbocycles. The molecule has 0 spiro atoms. The van der Waals surface area contributed by atoms with Gasteiger partial charge in [0, 0.05) is 30.6 Å². The molecule has 2 aromatic rings. The molecule has 3 aliphatic rings. The van der Waals surface area contributed by atoms with Crippen LogP contribution in [-0.2, 0) is 25.9 Å². The van der Waals surface area contributed by atoms with Gasteiger partial charge in [0.2, 0.25) is 5.91 Å². The summed E-state index contributed by atoms with van der Waals surface area (Å²) in [5, 5.41) is 1.75. The molecular formula is C22H28N4O4S2. The van der Waals surface area contributed by atoms with Crippen LogP contribution in [-0.4, -0.2) is 89.7 Å². The standard InChI is InChI=1S/C22H28N4O4S2/c27-21(26(16-5-6-16)17-7-12-32(28,29)15-17)14-31-22-18-3-1-2-4-19(18)23-20(24-22)13-25-8-10-30-11-9-25/h1-4,16-17H,5-15H2/t17-/m0/s1. The monoisotopic (exact) mass is 476 g/mol. The van der Waals surface area contributed by atoms with E-state index in [4.69, 9.17) is 14.7 Å². The molecule has 8 nitrogen and oxygen atoms in total. The molecule has 3 heterocycles. The molecule has 3 fully saturated rings. The second-order valence-electron chi connectivity index (χ2n) is 8.73. The summed E-state index contributed by atoms with van der Waals surface area (Å²) in [7, 11) is -3.03. The quantitative estimate of drug-likeness (QED) is 0.441. The Labute approximate surface area is 192 Å². The molecule has 172 valence electrons. The molecule has 1 saturated carbocycles. The van der Waals surface area contributed by atoms with Crippen molar-refractivity contribution in [2.75, 3.05) is 43.6 Å². The fourth-order valence-corrected chi connectivity index (χ4v) is 7.11. The van der Waals surface area contributed by atoms with Crippen molar-refractivity contribution in [3.63, 3.8) is 0 Å². The van der Waals surface area contributed by atoms with Crippen molar-refractivity contribution >= 4 is 38.4 Å². The van der Waals surface area contributed by atoms with E-state index in [0.717, 1.165) is 60.9 Å². The molecule has 0 unspecified atom stereocenters. The van der Waals surface area contributed by atoms with E-state index in [9.17, 15) is 13.2 Å². The summed E-state index contributed by atoms with van der Waals surface area (Å²) in [6.45, 7) is 3.81. The number of hydrogen-bond acceptors (Lipinski definition) is 8. The number of sulfone groups is 1. The van der Waals surface area contributed by atoms with Gasteiger partial charge in [-0.2, -0.15) is 0 Å². The van der Waals surface area contributed by atoms with Gasteiger partial charge in [-0.05, 0) is 25.3 Å². The van der Waals surface area contributed by atoms with Crippen LogP contribution in [0.4, 0.5) is 0 Å². The van der Waals surface area contributed by atoms with Crippen LogP contribution in [0.1, 0.15) is 25.1 Å². The number of hydrogen-bond donors (Lipinski definition) is 0. The van der Waals surface area contributed by atoms with Crippen molar-refractivity contribution in [1.29, 1.82) is 0 Å². The highest BCUT2D eigenvalue weighted by molar-refractivity contribution is 8.00. The first-order valence-electron chi connectivity index (χ1n) is 11.2. The summed E-state index contributed by atoms with van der Waals surface area (Å²) < 4.78 is 29.4. The van der Waals surface area contributed by atoms with E-state index in [0.29, 0.717) is 13.0 Å². The number of ether oxygens (including phenoxy) is 1. The van der Waals surface area contributed by atoms with E-state index in [1.165, 1.54) is 11.8 Å². The molecule has 0 radical (unpaired) electrons. The van der Waals surface area contributed by atoms with Gasteiger partial charge in [-0.3, -0.25) is 9.69 Å². The van der Waals surface area contributed by atoms with Crippen molar-refractivity contribution in [2.45, 2.75) is 42.9 Å². The van der Waals surface area contributed by atoms with Crippen LogP contribution in [0, 0.1) is 0 Å².